The number of amides is 1. The monoisotopic (exact) mass is 394 g/mol. The van der Waals surface area contributed by atoms with Crippen LogP contribution in [-0.4, -0.2) is 32.2 Å². The molecule has 0 aromatic heterocycles. The highest BCUT2D eigenvalue weighted by Crippen LogP contribution is 2.19. The molecule has 0 saturated carbocycles. The Morgan fingerprint density at radius 1 is 1.12 bits per heavy atom. The number of nitrogens with zero attached hydrogens (tertiary/aromatic N) is 1. The molecule has 0 spiro atoms. The van der Waals surface area contributed by atoms with Crippen molar-refractivity contribution in [2.75, 3.05) is 13.6 Å². The predicted octanol–water partition coefficient (Wildman–Crippen LogP) is 3.54. The summed E-state index contributed by atoms with van der Waals surface area (Å²) >= 11 is 5.79. The number of benzene rings is 2. The molecule has 0 fully saturated rings. The van der Waals surface area contributed by atoms with Gasteiger partial charge in [-0.15, -0.1) is 0 Å². The third-order valence-electron chi connectivity index (χ3n) is 4.11. The number of hydrogen-bond acceptors (Lipinski definition) is 3. The number of halogens is 1. The Hall–Kier alpha value is -1.89. The minimum atomic E-state index is -3.75. The Kier molecular flexibility index (Phi) is 6.81. The highest BCUT2D eigenvalue weighted by molar-refractivity contribution is 7.89. The second kappa shape index (κ2) is 8.66. The molecular weight excluding hydrogens is 372 g/mol. The van der Waals surface area contributed by atoms with E-state index in [0.29, 0.717) is 11.4 Å². The van der Waals surface area contributed by atoms with Gasteiger partial charge in [-0.1, -0.05) is 48.4 Å². The van der Waals surface area contributed by atoms with E-state index in [1.165, 1.54) is 31.3 Å². The molecule has 0 aliphatic heterocycles. The standard InChI is InChI=1S/C19H23ClN2O3S/c1-4-18(15-7-5-14(2)6-8-15)21-19(23)13-22(3)26(24,25)17-11-9-16(20)10-12-17/h5-12,18H,4,13H2,1-3H3,(H,21,23)/t18-/m0/s1. The fourth-order valence-corrected chi connectivity index (χ4v) is 3.79. The van der Waals surface area contributed by atoms with E-state index in [1.807, 2.05) is 38.1 Å². The zero-order valence-electron chi connectivity index (χ0n) is 15.1. The van der Waals surface area contributed by atoms with E-state index < -0.39 is 10.0 Å². The van der Waals surface area contributed by atoms with Crippen LogP contribution in [0.25, 0.3) is 0 Å². The number of nitrogens with one attached hydrogen (secondary N) is 1. The lowest BCUT2D eigenvalue weighted by Gasteiger charge is -2.21. The molecule has 26 heavy (non-hydrogen) atoms. The van der Waals surface area contributed by atoms with Crippen LogP contribution in [0.2, 0.25) is 5.02 Å². The molecule has 1 atom stereocenters. The summed E-state index contributed by atoms with van der Waals surface area (Å²) in [5, 5.41) is 3.35. The average molecular weight is 395 g/mol. The van der Waals surface area contributed by atoms with Crippen LogP contribution in [0, 0.1) is 6.92 Å². The number of carbonyl (C=O) groups is 1. The minimum absolute atomic E-state index is 0.0998. The summed E-state index contributed by atoms with van der Waals surface area (Å²) in [4.78, 5) is 12.5. The van der Waals surface area contributed by atoms with Crippen LogP contribution < -0.4 is 5.32 Å². The first kappa shape index (κ1) is 20.4. The quantitative estimate of drug-likeness (QED) is 0.781. The zero-order valence-corrected chi connectivity index (χ0v) is 16.6. The number of rotatable bonds is 7. The fourth-order valence-electron chi connectivity index (χ4n) is 2.53. The van der Waals surface area contributed by atoms with Gasteiger partial charge in [0.15, 0.2) is 0 Å². The molecule has 0 heterocycles. The van der Waals surface area contributed by atoms with Crippen LogP contribution >= 0.6 is 11.6 Å². The van der Waals surface area contributed by atoms with Crippen molar-refractivity contribution in [3.63, 3.8) is 0 Å². The fraction of sp³-hybridized carbons (Fsp3) is 0.316. The van der Waals surface area contributed by atoms with Gasteiger partial charge < -0.3 is 5.32 Å². The summed E-state index contributed by atoms with van der Waals surface area (Å²) < 4.78 is 26.1. The molecule has 0 aliphatic carbocycles. The van der Waals surface area contributed by atoms with Gasteiger partial charge in [0.25, 0.3) is 0 Å². The van der Waals surface area contributed by atoms with Crippen molar-refractivity contribution in [2.45, 2.75) is 31.2 Å². The molecule has 1 N–H and O–H groups in total. The molecule has 5 nitrogen and oxygen atoms in total. The topological polar surface area (TPSA) is 66.5 Å². The van der Waals surface area contributed by atoms with Crippen molar-refractivity contribution >= 4 is 27.5 Å². The van der Waals surface area contributed by atoms with Crippen LogP contribution in [0.1, 0.15) is 30.5 Å². The molecule has 0 unspecified atom stereocenters. The van der Waals surface area contributed by atoms with Crippen LogP contribution in [0.3, 0.4) is 0 Å². The number of sulfonamides is 1. The van der Waals surface area contributed by atoms with E-state index in [1.54, 1.807) is 0 Å². The molecular formula is C19H23ClN2O3S. The Morgan fingerprint density at radius 3 is 2.23 bits per heavy atom. The van der Waals surface area contributed by atoms with Gasteiger partial charge in [-0.3, -0.25) is 4.79 Å². The van der Waals surface area contributed by atoms with Crippen molar-refractivity contribution in [1.82, 2.24) is 9.62 Å². The van der Waals surface area contributed by atoms with Gasteiger partial charge in [-0.2, -0.15) is 4.31 Å². The predicted molar refractivity (Wildman–Crippen MR) is 104 cm³/mol. The van der Waals surface area contributed by atoms with Crippen LogP contribution in [0.5, 0.6) is 0 Å². The van der Waals surface area contributed by atoms with Gasteiger partial charge in [0.2, 0.25) is 15.9 Å². The maximum atomic E-state index is 12.5. The number of likely N-dealkylation sites (N-methyl/N-ethyl adjacent to an activating group) is 1. The van der Waals surface area contributed by atoms with Crippen molar-refractivity contribution in [2.24, 2.45) is 0 Å². The van der Waals surface area contributed by atoms with Crippen molar-refractivity contribution in [3.8, 4) is 0 Å². The van der Waals surface area contributed by atoms with Gasteiger partial charge in [-0.05, 0) is 43.2 Å². The first-order chi connectivity index (χ1) is 12.2. The third-order valence-corrected chi connectivity index (χ3v) is 6.18. The van der Waals surface area contributed by atoms with Gasteiger partial charge in [0.1, 0.15) is 0 Å². The van der Waals surface area contributed by atoms with E-state index >= 15 is 0 Å². The minimum Gasteiger partial charge on any atom is -0.348 e. The Bertz CT molecular complexity index is 849. The largest absolute Gasteiger partial charge is 0.348 e. The van der Waals surface area contributed by atoms with Crippen molar-refractivity contribution in [3.05, 3.63) is 64.7 Å². The average Bonchev–Trinajstić information content (AvgIpc) is 2.60. The van der Waals surface area contributed by atoms with Gasteiger partial charge in [0.05, 0.1) is 17.5 Å². The van der Waals surface area contributed by atoms with E-state index in [2.05, 4.69) is 5.32 Å². The maximum absolute atomic E-state index is 12.5. The molecule has 0 bridgehead atoms. The van der Waals surface area contributed by atoms with Crippen LogP contribution in [-0.2, 0) is 14.8 Å². The number of carbonyl (C=O) groups excluding carboxylic acids is 1. The number of hydrogen-bond donors (Lipinski definition) is 1. The lowest BCUT2D eigenvalue weighted by Crippen LogP contribution is -2.39. The summed E-state index contributed by atoms with van der Waals surface area (Å²) in [7, 11) is -2.36. The van der Waals surface area contributed by atoms with Crippen LogP contribution in [0.4, 0.5) is 0 Å². The first-order valence-corrected chi connectivity index (χ1v) is 10.1. The third kappa shape index (κ3) is 5.06. The smallest absolute Gasteiger partial charge is 0.243 e. The summed E-state index contributed by atoms with van der Waals surface area (Å²) in [6, 6.07) is 13.6. The first-order valence-electron chi connectivity index (χ1n) is 8.32. The van der Waals surface area contributed by atoms with Crippen molar-refractivity contribution in [1.29, 1.82) is 0 Å². The molecule has 0 aliphatic rings. The molecule has 7 heteroatoms. The van der Waals surface area contributed by atoms with E-state index in [4.69, 9.17) is 11.6 Å². The van der Waals surface area contributed by atoms with Gasteiger partial charge in [0, 0.05) is 12.1 Å². The Labute approximate surface area is 160 Å². The SMILES string of the molecule is CC[C@H](NC(=O)CN(C)S(=O)(=O)c1ccc(Cl)cc1)c1ccc(C)cc1. The summed E-state index contributed by atoms with van der Waals surface area (Å²) in [6.45, 7) is 3.71. The Balaban J connectivity index is 2.05. The van der Waals surface area contributed by atoms with Gasteiger partial charge in [-0.25, -0.2) is 8.42 Å². The normalized spacial score (nSPS) is 12.8. The van der Waals surface area contributed by atoms with Crippen molar-refractivity contribution < 1.29 is 13.2 Å². The van der Waals surface area contributed by atoms with E-state index in [9.17, 15) is 13.2 Å². The summed E-state index contributed by atoms with van der Waals surface area (Å²) in [6.07, 6.45) is 0.711. The lowest BCUT2D eigenvalue weighted by molar-refractivity contribution is -0.121. The highest BCUT2D eigenvalue weighted by Gasteiger charge is 2.24. The maximum Gasteiger partial charge on any atom is 0.243 e. The van der Waals surface area contributed by atoms with Crippen LogP contribution in [0.15, 0.2) is 53.4 Å². The van der Waals surface area contributed by atoms with E-state index in [-0.39, 0.29) is 23.4 Å². The second-order valence-corrected chi connectivity index (χ2v) is 8.64. The van der Waals surface area contributed by atoms with Gasteiger partial charge >= 0.3 is 0 Å². The molecule has 2 aromatic rings. The lowest BCUT2D eigenvalue weighted by atomic mass is 10.0. The molecule has 0 radical (unpaired) electrons. The second-order valence-electron chi connectivity index (χ2n) is 6.15. The molecule has 140 valence electrons. The Morgan fingerprint density at radius 2 is 1.69 bits per heavy atom. The molecule has 2 aromatic carbocycles. The summed E-state index contributed by atoms with van der Waals surface area (Å²) in [5.41, 5.74) is 2.14. The number of aryl methyl sites for hydroxylation is 1. The highest BCUT2D eigenvalue weighted by atomic mass is 35.5. The molecule has 0 saturated heterocycles. The van der Waals surface area contributed by atoms with E-state index in [0.717, 1.165) is 15.4 Å². The molecule has 2 rings (SSSR count). The zero-order chi connectivity index (χ0) is 19.3. The summed E-state index contributed by atoms with van der Waals surface area (Å²) in [5.74, 6) is -0.350. The molecule has 1 amide bonds.